The molecule has 0 aliphatic rings. The van der Waals surface area contributed by atoms with Gasteiger partial charge in [-0.25, -0.2) is 8.42 Å². The maximum Gasteiger partial charge on any atom is 0.242 e. The second-order valence-corrected chi connectivity index (χ2v) is 9.27. The fourth-order valence-corrected chi connectivity index (χ4v) is 4.37. The molecule has 0 saturated heterocycles. The minimum Gasteiger partial charge on any atom is -0.323 e. The smallest absolute Gasteiger partial charge is 0.242 e. The van der Waals surface area contributed by atoms with E-state index in [9.17, 15) is 13.2 Å². The van der Waals surface area contributed by atoms with Crippen LogP contribution in [0.5, 0.6) is 0 Å². The summed E-state index contributed by atoms with van der Waals surface area (Å²) in [5.41, 5.74) is 2.05. The van der Waals surface area contributed by atoms with Crippen molar-refractivity contribution in [3.63, 3.8) is 0 Å². The minimum absolute atomic E-state index is 0.0831. The van der Waals surface area contributed by atoms with E-state index < -0.39 is 22.0 Å². The van der Waals surface area contributed by atoms with Crippen LogP contribution in [-0.4, -0.2) is 20.4 Å². The van der Waals surface area contributed by atoms with E-state index in [1.54, 1.807) is 30.3 Å². The Morgan fingerprint density at radius 3 is 2.27 bits per heavy atom. The number of aryl methyl sites for hydroxylation is 1. The van der Waals surface area contributed by atoms with Crippen molar-refractivity contribution in [1.82, 2.24) is 4.72 Å². The summed E-state index contributed by atoms with van der Waals surface area (Å²) in [4.78, 5) is 13.1. The van der Waals surface area contributed by atoms with Gasteiger partial charge in [0.05, 0.1) is 20.6 Å². The number of amides is 1. The van der Waals surface area contributed by atoms with E-state index in [4.69, 9.17) is 23.2 Å². The van der Waals surface area contributed by atoms with E-state index in [0.717, 1.165) is 11.1 Å². The van der Waals surface area contributed by atoms with Gasteiger partial charge in [0.15, 0.2) is 0 Å². The molecule has 0 bridgehead atoms. The summed E-state index contributed by atoms with van der Waals surface area (Å²) < 4.78 is 28.3. The molecule has 1 amide bonds. The Hall–Kier alpha value is -2.38. The molecule has 2 N–H and O–H groups in total. The third-order valence-corrected chi connectivity index (χ3v) is 6.74. The van der Waals surface area contributed by atoms with Crippen molar-refractivity contribution in [1.29, 1.82) is 0 Å². The number of benzene rings is 3. The molecule has 156 valence electrons. The predicted molar refractivity (Wildman–Crippen MR) is 121 cm³/mol. The quantitative estimate of drug-likeness (QED) is 0.527. The molecule has 0 spiro atoms. The molecular formula is C22H20Cl2N2O3S. The third kappa shape index (κ3) is 5.61. The summed E-state index contributed by atoms with van der Waals surface area (Å²) in [6, 6.07) is 19.3. The Kier molecular flexibility index (Phi) is 7.15. The number of hydrogen-bond donors (Lipinski definition) is 2. The summed E-state index contributed by atoms with van der Waals surface area (Å²) in [6.07, 6.45) is 0.163. The van der Waals surface area contributed by atoms with Crippen molar-refractivity contribution in [2.75, 3.05) is 5.32 Å². The first-order chi connectivity index (χ1) is 14.3. The van der Waals surface area contributed by atoms with Gasteiger partial charge in [0.1, 0.15) is 6.04 Å². The topological polar surface area (TPSA) is 75.3 Å². The molecule has 3 aromatic rings. The SMILES string of the molecule is Cc1ccc(S(=O)(=O)N[C@H](Cc2ccccc2)C(=O)Nc2cccc(Cl)c2Cl)cc1. The highest BCUT2D eigenvalue weighted by Crippen LogP contribution is 2.29. The van der Waals surface area contributed by atoms with Gasteiger partial charge in [-0.2, -0.15) is 4.72 Å². The van der Waals surface area contributed by atoms with Crippen molar-refractivity contribution in [2.24, 2.45) is 0 Å². The molecule has 0 heterocycles. The van der Waals surface area contributed by atoms with Crippen molar-refractivity contribution < 1.29 is 13.2 Å². The molecule has 8 heteroatoms. The molecule has 1 atom stereocenters. The summed E-state index contributed by atoms with van der Waals surface area (Å²) in [6.45, 7) is 1.87. The van der Waals surface area contributed by atoms with Crippen LogP contribution in [0.15, 0.2) is 77.7 Å². The maximum atomic E-state index is 13.0. The maximum absolute atomic E-state index is 13.0. The lowest BCUT2D eigenvalue weighted by molar-refractivity contribution is -0.117. The van der Waals surface area contributed by atoms with Gasteiger partial charge in [-0.15, -0.1) is 0 Å². The van der Waals surface area contributed by atoms with Crippen LogP contribution in [0.25, 0.3) is 0 Å². The van der Waals surface area contributed by atoms with Crippen LogP contribution in [0.1, 0.15) is 11.1 Å². The average molecular weight is 463 g/mol. The number of rotatable bonds is 7. The van der Waals surface area contributed by atoms with E-state index >= 15 is 0 Å². The fourth-order valence-electron chi connectivity index (χ4n) is 2.83. The zero-order chi connectivity index (χ0) is 21.7. The summed E-state index contributed by atoms with van der Waals surface area (Å²) >= 11 is 12.2. The van der Waals surface area contributed by atoms with Crippen LogP contribution in [0.2, 0.25) is 10.0 Å². The number of halogens is 2. The number of anilines is 1. The summed E-state index contributed by atoms with van der Waals surface area (Å²) in [7, 11) is -3.92. The monoisotopic (exact) mass is 462 g/mol. The van der Waals surface area contributed by atoms with Crippen LogP contribution in [-0.2, 0) is 21.2 Å². The molecule has 0 aromatic heterocycles. The molecule has 0 fully saturated rings. The third-order valence-electron chi connectivity index (χ3n) is 4.44. The highest BCUT2D eigenvalue weighted by Gasteiger charge is 2.26. The van der Waals surface area contributed by atoms with E-state index in [1.807, 2.05) is 37.3 Å². The van der Waals surface area contributed by atoms with Crippen LogP contribution in [0.3, 0.4) is 0 Å². The van der Waals surface area contributed by atoms with Gasteiger partial charge in [-0.1, -0.05) is 77.3 Å². The molecule has 0 aliphatic carbocycles. The van der Waals surface area contributed by atoms with Crippen molar-refractivity contribution in [2.45, 2.75) is 24.3 Å². The first kappa shape index (κ1) is 22.3. The second kappa shape index (κ2) is 9.62. The molecule has 30 heavy (non-hydrogen) atoms. The number of sulfonamides is 1. The molecule has 5 nitrogen and oxygen atoms in total. The van der Waals surface area contributed by atoms with Crippen molar-refractivity contribution >= 4 is 44.8 Å². The first-order valence-electron chi connectivity index (χ1n) is 9.14. The minimum atomic E-state index is -3.92. The molecule has 0 aliphatic heterocycles. The van der Waals surface area contributed by atoms with Gasteiger partial charge < -0.3 is 5.32 Å². The lowest BCUT2D eigenvalue weighted by atomic mass is 10.1. The normalized spacial score (nSPS) is 12.4. The highest BCUT2D eigenvalue weighted by molar-refractivity contribution is 7.89. The Morgan fingerprint density at radius 1 is 0.933 bits per heavy atom. The lowest BCUT2D eigenvalue weighted by Gasteiger charge is -2.19. The highest BCUT2D eigenvalue weighted by atomic mass is 35.5. The van der Waals surface area contributed by atoms with Gasteiger partial charge in [0, 0.05) is 0 Å². The van der Waals surface area contributed by atoms with E-state index in [-0.39, 0.29) is 21.4 Å². The van der Waals surface area contributed by atoms with Crippen LogP contribution < -0.4 is 10.0 Å². The molecule has 0 radical (unpaired) electrons. The first-order valence-corrected chi connectivity index (χ1v) is 11.4. The van der Waals surface area contributed by atoms with Gasteiger partial charge in [-0.05, 0) is 43.2 Å². The molecule has 3 aromatic carbocycles. The van der Waals surface area contributed by atoms with Crippen LogP contribution >= 0.6 is 23.2 Å². The van der Waals surface area contributed by atoms with Crippen LogP contribution in [0.4, 0.5) is 5.69 Å². The van der Waals surface area contributed by atoms with E-state index in [1.165, 1.54) is 12.1 Å². The summed E-state index contributed by atoms with van der Waals surface area (Å²) in [5.74, 6) is -0.543. The van der Waals surface area contributed by atoms with Crippen LogP contribution in [0, 0.1) is 6.92 Å². The Balaban J connectivity index is 1.88. The Labute approximate surface area is 186 Å². The average Bonchev–Trinajstić information content (AvgIpc) is 2.72. The molecular weight excluding hydrogens is 443 g/mol. The zero-order valence-electron chi connectivity index (χ0n) is 16.1. The number of carbonyl (C=O) groups is 1. The van der Waals surface area contributed by atoms with Gasteiger partial charge in [0.25, 0.3) is 0 Å². The molecule has 0 unspecified atom stereocenters. The van der Waals surface area contributed by atoms with Crippen molar-refractivity contribution in [3.05, 3.63) is 94.0 Å². The molecule has 3 rings (SSSR count). The standard InChI is InChI=1S/C22H20Cl2N2O3S/c1-15-10-12-17(13-11-15)30(28,29)26-20(14-16-6-3-2-4-7-16)22(27)25-19-9-5-8-18(23)21(19)24/h2-13,20,26H,14H2,1H3,(H,25,27)/t20-/m1/s1. The Morgan fingerprint density at radius 2 is 1.60 bits per heavy atom. The van der Waals surface area contributed by atoms with Crippen molar-refractivity contribution in [3.8, 4) is 0 Å². The van der Waals surface area contributed by atoms with E-state index in [0.29, 0.717) is 5.69 Å². The number of carbonyl (C=O) groups excluding carboxylic acids is 1. The number of hydrogen-bond acceptors (Lipinski definition) is 3. The zero-order valence-corrected chi connectivity index (χ0v) is 18.4. The fraction of sp³-hybridized carbons (Fsp3) is 0.136. The predicted octanol–water partition coefficient (Wildman–Crippen LogP) is 4.83. The molecule has 0 saturated carbocycles. The van der Waals surface area contributed by atoms with E-state index in [2.05, 4.69) is 10.0 Å². The van der Waals surface area contributed by atoms with Gasteiger partial charge in [0.2, 0.25) is 15.9 Å². The van der Waals surface area contributed by atoms with Gasteiger partial charge >= 0.3 is 0 Å². The van der Waals surface area contributed by atoms with Gasteiger partial charge in [-0.3, -0.25) is 4.79 Å². The number of nitrogens with one attached hydrogen (secondary N) is 2. The summed E-state index contributed by atoms with van der Waals surface area (Å²) in [5, 5.41) is 3.15. The lowest BCUT2D eigenvalue weighted by Crippen LogP contribution is -2.45. The second-order valence-electron chi connectivity index (χ2n) is 6.77. The largest absolute Gasteiger partial charge is 0.323 e. The Bertz CT molecular complexity index is 1130.